The highest BCUT2D eigenvalue weighted by Crippen LogP contribution is 2.00. The molecule has 0 aliphatic heterocycles. The Balaban J connectivity index is 1.98. The van der Waals surface area contributed by atoms with Gasteiger partial charge in [-0.25, -0.2) is 0 Å². The number of nitrogens with zero attached hydrogens (tertiary/aromatic N) is 3. The molecule has 0 fully saturated rings. The van der Waals surface area contributed by atoms with Gasteiger partial charge in [-0.05, 0) is 20.0 Å². The second kappa shape index (κ2) is 9.11. The van der Waals surface area contributed by atoms with Crippen molar-refractivity contribution in [3.8, 4) is 0 Å². The minimum absolute atomic E-state index is 0.978. The Hall–Kier alpha value is -0.870. The summed E-state index contributed by atoms with van der Waals surface area (Å²) < 4.78 is 1.86. The van der Waals surface area contributed by atoms with Gasteiger partial charge < -0.3 is 10.2 Å². The van der Waals surface area contributed by atoms with Gasteiger partial charge in [-0.2, -0.15) is 5.10 Å². The topological polar surface area (TPSA) is 33.1 Å². The molecule has 1 aromatic heterocycles. The summed E-state index contributed by atoms with van der Waals surface area (Å²) in [6.07, 6.45) is 9.36. The van der Waals surface area contributed by atoms with Crippen LogP contribution in [0.2, 0.25) is 0 Å². The Kier molecular flexibility index (Phi) is 7.69. The molecule has 0 saturated heterocycles. The molecule has 4 nitrogen and oxygen atoms in total. The number of hydrogen-bond donors (Lipinski definition) is 1. The molecule has 0 amide bonds. The van der Waals surface area contributed by atoms with E-state index in [9.17, 15) is 0 Å². The smallest absolute Gasteiger partial charge is 0.0534 e. The second-order valence-electron chi connectivity index (χ2n) is 5.07. The standard InChI is InChI=1S/C14H28N4/c1-4-5-6-7-8-15-9-10-17(2)12-14-11-16-18(3)13-14/h11,13,15H,4-10,12H2,1-3H3. The van der Waals surface area contributed by atoms with Gasteiger partial charge in [0.05, 0.1) is 6.20 Å². The van der Waals surface area contributed by atoms with Crippen molar-refractivity contribution in [2.24, 2.45) is 7.05 Å². The number of aryl methyl sites for hydroxylation is 1. The van der Waals surface area contributed by atoms with Crippen molar-refractivity contribution in [2.75, 3.05) is 26.7 Å². The van der Waals surface area contributed by atoms with Gasteiger partial charge in [-0.3, -0.25) is 4.68 Å². The Bertz CT molecular complexity index is 308. The Morgan fingerprint density at radius 2 is 2.11 bits per heavy atom. The molecule has 1 rings (SSSR count). The van der Waals surface area contributed by atoms with Crippen LogP contribution < -0.4 is 5.32 Å². The normalized spacial score (nSPS) is 11.3. The minimum atomic E-state index is 0.978. The van der Waals surface area contributed by atoms with E-state index in [0.717, 1.165) is 26.2 Å². The first-order chi connectivity index (χ1) is 8.72. The van der Waals surface area contributed by atoms with E-state index in [1.54, 1.807) is 0 Å². The first kappa shape index (κ1) is 15.2. The molecule has 0 radical (unpaired) electrons. The summed E-state index contributed by atoms with van der Waals surface area (Å²) in [5.74, 6) is 0. The van der Waals surface area contributed by atoms with E-state index in [0.29, 0.717) is 0 Å². The molecule has 0 bridgehead atoms. The summed E-state index contributed by atoms with van der Waals surface area (Å²) in [6, 6.07) is 0. The van der Waals surface area contributed by atoms with E-state index in [4.69, 9.17) is 0 Å². The lowest BCUT2D eigenvalue weighted by Gasteiger charge is -2.15. The third-order valence-corrected chi connectivity index (χ3v) is 3.09. The third-order valence-electron chi connectivity index (χ3n) is 3.09. The van der Waals surface area contributed by atoms with E-state index >= 15 is 0 Å². The van der Waals surface area contributed by atoms with Gasteiger partial charge in [0.1, 0.15) is 0 Å². The molecule has 1 N–H and O–H groups in total. The number of rotatable bonds is 10. The Labute approximate surface area is 111 Å². The quantitative estimate of drug-likeness (QED) is 0.647. The molecule has 0 aromatic carbocycles. The van der Waals surface area contributed by atoms with Crippen LogP contribution in [-0.2, 0) is 13.6 Å². The van der Waals surface area contributed by atoms with E-state index in [-0.39, 0.29) is 0 Å². The highest BCUT2D eigenvalue weighted by atomic mass is 15.2. The van der Waals surface area contributed by atoms with E-state index in [1.807, 2.05) is 17.9 Å². The van der Waals surface area contributed by atoms with Crippen LogP contribution in [-0.4, -0.2) is 41.4 Å². The fourth-order valence-corrected chi connectivity index (χ4v) is 2.02. The number of nitrogens with one attached hydrogen (secondary N) is 1. The molecule has 1 aromatic rings. The largest absolute Gasteiger partial charge is 0.315 e. The maximum atomic E-state index is 4.18. The third kappa shape index (κ3) is 6.77. The zero-order valence-electron chi connectivity index (χ0n) is 12.2. The fourth-order valence-electron chi connectivity index (χ4n) is 2.02. The lowest BCUT2D eigenvalue weighted by Crippen LogP contribution is -2.29. The van der Waals surface area contributed by atoms with Crippen molar-refractivity contribution in [3.63, 3.8) is 0 Å². The van der Waals surface area contributed by atoms with Gasteiger partial charge in [0.15, 0.2) is 0 Å². The fraction of sp³-hybridized carbons (Fsp3) is 0.786. The first-order valence-corrected chi connectivity index (χ1v) is 7.09. The molecular formula is C14H28N4. The van der Waals surface area contributed by atoms with Crippen LogP contribution in [0.1, 0.15) is 38.2 Å². The van der Waals surface area contributed by atoms with Crippen molar-refractivity contribution in [2.45, 2.75) is 39.2 Å². The molecule has 1 heterocycles. The van der Waals surface area contributed by atoms with Crippen molar-refractivity contribution in [1.82, 2.24) is 20.0 Å². The van der Waals surface area contributed by atoms with Crippen LogP contribution in [0, 0.1) is 0 Å². The van der Waals surface area contributed by atoms with Gasteiger partial charge in [-0.1, -0.05) is 26.2 Å². The number of unbranched alkanes of at least 4 members (excludes halogenated alkanes) is 3. The van der Waals surface area contributed by atoms with Crippen LogP contribution in [0.5, 0.6) is 0 Å². The summed E-state index contributed by atoms with van der Waals surface area (Å²) in [5.41, 5.74) is 1.28. The van der Waals surface area contributed by atoms with Crippen molar-refractivity contribution >= 4 is 0 Å². The van der Waals surface area contributed by atoms with Gasteiger partial charge in [0.2, 0.25) is 0 Å². The molecule has 104 valence electrons. The average molecular weight is 252 g/mol. The molecule has 0 atom stereocenters. The first-order valence-electron chi connectivity index (χ1n) is 7.09. The highest BCUT2D eigenvalue weighted by Gasteiger charge is 2.01. The highest BCUT2D eigenvalue weighted by molar-refractivity contribution is 5.02. The molecule has 0 saturated carbocycles. The molecule has 18 heavy (non-hydrogen) atoms. The van der Waals surface area contributed by atoms with Crippen molar-refractivity contribution < 1.29 is 0 Å². The summed E-state index contributed by atoms with van der Waals surface area (Å²) in [4.78, 5) is 2.33. The van der Waals surface area contributed by atoms with Gasteiger partial charge in [0, 0.05) is 38.4 Å². The van der Waals surface area contributed by atoms with Crippen LogP contribution >= 0.6 is 0 Å². The Morgan fingerprint density at radius 3 is 2.78 bits per heavy atom. The minimum Gasteiger partial charge on any atom is -0.315 e. The maximum absolute atomic E-state index is 4.18. The summed E-state index contributed by atoms with van der Waals surface area (Å²) >= 11 is 0. The monoisotopic (exact) mass is 252 g/mol. The predicted octanol–water partition coefficient (Wildman–Crippen LogP) is 2.02. The van der Waals surface area contributed by atoms with Crippen molar-refractivity contribution in [3.05, 3.63) is 18.0 Å². The van der Waals surface area contributed by atoms with Crippen molar-refractivity contribution in [1.29, 1.82) is 0 Å². The van der Waals surface area contributed by atoms with E-state index in [2.05, 4.69) is 35.5 Å². The summed E-state index contributed by atoms with van der Waals surface area (Å²) in [7, 11) is 4.12. The number of hydrogen-bond acceptors (Lipinski definition) is 3. The summed E-state index contributed by atoms with van der Waals surface area (Å²) in [6.45, 7) is 6.54. The van der Waals surface area contributed by atoms with Gasteiger partial charge in [-0.15, -0.1) is 0 Å². The van der Waals surface area contributed by atoms with Crippen LogP contribution in [0.3, 0.4) is 0 Å². The van der Waals surface area contributed by atoms with E-state index in [1.165, 1.54) is 31.2 Å². The lowest BCUT2D eigenvalue weighted by molar-refractivity contribution is 0.324. The zero-order chi connectivity index (χ0) is 13.2. The molecule has 0 aliphatic carbocycles. The molecule has 4 heteroatoms. The average Bonchev–Trinajstić information content (AvgIpc) is 2.73. The Morgan fingerprint density at radius 1 is 1.28 bits per heavy atom. The molecule has 0 aliphatic rings. The number of aromatic nitrogens is 2. The van der Waals surface area contributed by atoms with E-state index < -0.39 is 0 Å². The predicted molar refractivity (Wildman–Crippen MR) is 76.6 cm³/mol. The zero-order valence-corrected chi connectivity index (χ0v) is 12.2. The molecule has 0 unspecified atom stereocenters. The van der Waals surface area contributed by atoms with Gasteiger partial charge >= 0.3 is 0 Å². The van der Waals surface area contributed by atoms with Gasteiger partial charge in [0.25, 0.3) is 0 Å². The lowest BCUT2D eigenvalue weighted by atomic mass is 10.2. The van der Waals surface area contributed by atoms with Crippen LogP contribution in [0.15, 0.2) is 12.4 Å². The molecule has 0 spiro atoms. The van der Waals surface area contributed by atoms with Crippen LogP contribution in [0.4, 0.5) is 0 Å². The second-order valence-corrected chi connectivity index (χ2v) is 5.07. The maximum Gasteiger partial charge on any atom is 0.0534 e. The SMILES string of the molecule is CCCCCCNCCN(C)Cc1cnn(C)c1. The molecular weight excluding hydrogens is 224 g/mol. The van der Waals surface area contributed by atoms with Crippen LogP contribution in [0.25, 0.3) is 0 Å². The summed E-state index contributed by atoms with van der Waals surface area (Å²) in [5, 5.41) is 7.69. The number of likely N-dealkylation sites (N-methyl/N-ethyl adjacent to an activating group) is 1.